The van der Waals surface area contributed by atoms with E-state index in [1.54, 1.807) is 0 Å². The maximum Gasteiger partial charge on any atom is 0.321 e. The third-order valence-electron chi connectivity index (χ3n) is 5.57. The molecule has 2 N–H and O–H groups in total. The zero-order valence-corrected chi connectivity index (χ0v) is 17.0. The Hall–Kier alpha value is -3.04. The Morgan fingerprint density at radius 2 is 1.71 bits per heavy atom. The average molecular weight is 437 g/mol. The lowest BCUT2D eigenvalue weighted by Crippen LogP contribution is -2.45. The van der Waals surface area contributed by atoms with Gasteiger partial charge in [0.15, 0.2) is 6.61 Å². The highest BCUT2D eigenvalue weighted by atomic mass is 19.1. The quantitative estimate of drug-likeness (QED) is 0.687. The second kappa shape index (κ2) is 10.3. The Balaban J connectivity index is 1.39. The molecule has 2 fully saturated rings. The van der Waals surface area contributed by atoms with E-state index in [2.05, 4.69) is 10.6 Å². The number of urea groups is 1. The van der Waals surface area contributed by atoms with Gasteiger partial charge >= 0.3 is 12.0 Å². The van der Waals surface area contributed by atoms with Gasteiger partial charge in [-0.3, -0.25) is 19.7 Å². The Bertz CT molecular complexity index is 849. The van der Waals surface area contributed by atoms with Gasteiger partial charge in [-0.2, -0.15) is 0 Å². The number of esters is 1. The molecule has 1 aliphatic heterocycles. The molecule has 0 aromatic heterocycles. The van der Waals surface area contributed by atoms with Crippen LogP contribution in [-0.2, 0) is 14.3 Å². The second-order valence-corrected chi connectivity index (χ2v) is 7.80. The molecular weight excluding hydrogens is 412 g/mol. The predicted molar refractivity (Wildman–Crippen MR) is 105 cm³/mol. The highest BCUT2D eigenvalue weighted by molar-refractivity contribution is 5.96. The van der Waals surface area contributed by atoms with Gasteiger partial charge < -0.3 is 15.0 Å². The van der Waals surface area contributed by atoms with Gasteiger partial charge in [-0.15, -0.1) is 0 Å². The monoisotopic (exact) mass is 437 g/mol. The van der Waals surface area contributed by atoms with Crippen LogP contribution in [0, 0.1) is 17.6 Å². The predicted octanol–water partition coefficient (Wildman–Crippen LogP) is 2.13. The number of likely N-dealkylation sites (tertiary alicyclic amines) is 1. The summed E-state index contributed by atoms with van der Waals surface area (Å²) in [5.74, 6) is -4.10. The molecule has 1 aromatic carbocycles. The molecule has 1 heterocycles. The van der Waals surface area contributed by atoms with Crippen LogP contribution in [0.25, 0.3) is 0 Å². The van der Waals surface area contributed by atoms with Crippen molar-refractivity contribution in [3.63, 3.8) is 0 Å². The molecule has 0 atom stereocenters. The SMILES string of the molecule is O=C(COC(=O)C1CCN(C(=O)c2ccc(F)cc2F)CC1)NC(=O)NC1CCCC1. The first kappa shape index (κ1) is 22.6. The number of carbonyl (C=O) groups excluding carboxylic acids is 4. The van der Waals surface area contributed by atoms with Crippen molar-refractivity contribution in [3.8, 4) is 0 Å². The molecular formula is C21H25F2N3O5. The number of carbonyl (C=O) groups is 4. The number of amides is 4. The van der Waals surface area contributed by atoms with Gasteiger partial charge in [-0.25, -0.2) is 13.6 Å². The van der Waals surface area contributed by atoms with E-state index in [-0.39, 0.29) is 37.5 Å². The third-order valence-corrected chi connectivity index (χ3v) is 5.57. The van der Waals surface area contributed by atoms with Gasteiger partial charge in [-0.05, 0) is 37.8 Å². The van der Waals surface area contributed by atoms with E-state index in [4.69, 9.17) is 4.74 Å². The van der Waals surface area contributed by atoms with Crippen LogP contribution in [0.15, 0.2) is 18.2 Å². The highest BCUT2D eigenvalue weighted by Crippen LogP contribution is 2.21. The zero-order chi connectivity index (χ0) is 22.4. The second-order valence-electron chi connectivity index (χ2n) is 7.80. The lowest BCUT2D eigenvalue weighted by Gasteiger charge is -2.31. The van der Waals surface area contributed by atoms with Crippen LogP contribution in [0.3, 0.4) is 0 Å². The Labute approximate surface area is 178 Å². The minimum Gasteiger partial charge on any atom is -0.455 e. The minimum absolute atomic E-state index is 0.0617. The third kappa shape index (κ3) is 6.22. The largest absolute Gasteiger partial charge is 0.455 e. The number of imide groups is 1. The molecule has 4 amide bonds. The standard InChI is InChI=1S/C21H25F2N3O5/c22-14-5-6-16(17(23)11-14)19(28)26-9-7-13(8-10-26)20(29)31-12-18(27)25-21(30)24-15-3-1-2-4-15/h5-6,11,13,15H,1-4,7-10,12H2,(H2,24,25,27,30). The number of halogens is 2. The lowest BCUT2D eigenvalue weighted by molar-refractivity contribution is -0.153. The van der Waals surface area contributed by atoms with E-state index in [0.29, 0.717) is 6.07 Å². The molecule has 2 aliphatic rings. The van der Waals surface area contributed by atoms with Crippen LogP contribution in [0.5, 0.6) is 0 Å². The molecule has 1 saturated carbocycles. The summed E-state index contributed by atoms with van der Waals surface area (Å²) in [5.41, 5.74) is -0.227. The number of piperidine rings is 1. The van der Waals surface area contributed by atoms with Crippen molar-refractivity contribution in [1.82, 2.24) is 15.5 Å². The minimum atomic E-state index is -0.936. The molecule has 1 saturated heterocycles. The van der Waals surface area contributed by atoms with Crippen LogP contribution in [-0.4, -0.2) is 54.5 Å². The average Bonchev–Trinajstić information content (AvgIpc) is 3.24. The molecule has 1 aliphatic carbocycles. The molecule has 10 heteroatoms. The molecule has 0 unspecified atom stereocenters. The van der Waals surface area contributed by atoms with Gasteiger partial charge in [-0.1, -0.05) is 12.8 Å². The summed E-state index contributed by atoms with van der Waals surface area (Å²) in [4.78, 5) is 49.5. The summed E-state index contributed by atoms with van der Waals surface area (Å²) < 4.78 is 31.8. The van der Waals surface area contributed by atoms with E-state index < -0.39 is 48.0 Å². The number of ether oxygens (including phenoxy) is 1. The van der Waals surface area contributed by atoms with Crippen LogP contribution < -0.4 is 10.6 Å². The van der Waals surface area contributed by atoms with Crippen LogP contribution in [0.1, 0.15) is 48.9 Å². The van der Waals surface area contributed by atoms with E-state index in [9.17, 15) is 28.0 Å². The molecule has 0 bridgehead atoms. The van der Waals surface area contributed by atoms with E-state index in [0.717, 1.165) is 37.8 Å². The van der Waals surface area contributed by atoms with E-state index in [1.807, 2.05) is 0 Å². The summed E-state index contributed by atoms with van der Waals surface area (Å²) in [5, 5.41) is 4.83. The number of nitrogens with one attached hydrogen (secondary N) is 2. The number of hydrogen-bond donors (Lipinski definition) is 2. The van der Waals surface area contributed by atoms with Crippen LogP contribution >= 0.6 is 0 Å². The first-order chi connectivity index (χ1) is 14.8. The van der Waals surface area contributed by atoms with Gasteiger partial charge in [0.1, 0.15) is 11.6 Å². The van der Waals surface area contributed by atoms with E-state index in [1.165, 1.54) is 4.90 Å². The topological polar surface area (TPSA) is 105 Å². The molecule has 31 heavy (non-hydrogen) atoms. The van der Waals surface area contributed by atoms with Crippen LogP contribution in [0.2, 0.25) is 0 Å². The molecule has 168 valence electrons. The molecule has 0 spiro atoms. The first-order valence-electron chi connectivity index (χ1n) is 10.3. The summed E-state index contributed by atoms with van der Waals surface area (Å²) in [6, 6.07) is 2.21. The van der Waals surface area contributed by atoms with Crippen molar-refractivity contribution < 1.29 is 32.7 Å². The fourth-order valence-electron chi connectivity index (χ4n) is 3.86. The number of hydrogen-bond acceptors (Lipinski definition) is 5. The highest BCUT2D eigenvalue weighted by Gasteiger charge is 2.30. The number of benzene rings is 1. The fourth-order valence-corrected chi connectivity index (χ4v) is 3.86. The smallest absolute Gasteiger partial charge is 0.321 e. The number of nitrogens with zero attached hydrogens (tertiary/aromatic N) is 1. The Morgan fingerprint density at radius 1 is 1.03 bits per heavy atom. The normalized spacial score (nSPS) is 17.3. The fraction of sp³-hybridized carbons (Fsp3) is 0.524. The van der Waals surface area contributed by atoms with Gasteiger partial charge in [0.2, 0.25) is 0 Å². The number of rotatable bonds is 5. The molecule has 1 aromatic rings. The van der Waals surface area contributed by atoms with Gasteiger partial charge in [0, 0.05) is 25.2 Å². The van der Waals surface area contributed by atoms with Crippen molar-refractivity contribution >= 4 is 23.8 Å². The van der Waals surface area contributed by atoms with Gasteiger partial charge in [0.05, 0.1) is 11.5 Å². The summed E-state index contributed by atoms with van der Waals surface area (Å²) in [6.07, 6.45) is 4.42. The Morgan fingerprint density at radius 3 is 2.35 bits per heavy atom. The van der Waals surface area contributed by atoms with Gasteiger partial charge in [0.25, 0.3) is 11.8 Å². The summed E-state index contributed by atoms with van der Waals surface area (Å²) in [6.45, 7) is -0.173. The van der Waals surface area contributed by atoms with Crippen molar-refractivity contribution in [3.05, 3.63) is 35.4 Å². The molecule has 8 nitrogen and oxygen atoms in total. The van der Waals surface area contributed by atoms with E-state index >= 15 is 0 Å². The molecule has 0 radical (unpaired) electrons. The molecule has 3 rings (SSSR count). The Kier molecular flexibility index (Phi) is 7.54. The van der Waals surface area contributed by atoms with Crippen molar-refractivity contribution in [2.45, 2.75) is 44.6 Å². The first-order valence-corrected chi connectivity index (χ1v) is 10.3. The summed E-state index contributed by atoms with van der Waals surface area (Å²) in [7, 11) is 0. The summed E-state index contributed by atoms with van der Waals surface area (Å²) >= 11 is 0. The zero-order valence-electron chi connectivity index (χ0n) is 17.0. The van der Waals surface area contributed by atoms with Crippen molar-refractivity contribution in [1.29, 1.82) is 0 Å². The lowest BCUT2D eigenvalue weighted by atomic mass is 9.96. The maximum absolute atomic E-state index is 13.8. The maximum atomic E-state index is 13.8. The van der Waals surface area contributed by atoms with Crippen LogP contribution in [0.4, 0.5) is 13.6 Å². The van der Waals surface area contributed by atoms with Crippen molar-refractivity contribution in [2.75, 3.05) is 19.7 Å². The van der Waals surface area contributed by atoms with Crippen molar-refractivity contribution in [2.24, 2.45) is 5.92 Å².